The number of aryl methyl sites for hydroxylation is 5. The van der Waals surface area contributed by atoms with Gasteiger partial charge in [0.2, 0.25) is 0 Å². The van der Waals surface area contributed by atoms with Crippen LogP contribution in [0.2, 0.25) is 5.02 Å². The van der Waals surface area contributed by atoms with Gasteiger partial charge in [-0.05, 0) is 103 Å². The van der Waals surface area contributed by atoms with Crippen LogP contribution in [0.4, 0.5) is 4.39 Å². The highest BCUT2D eigenvalue weighted by Gasteiger charge is 2.21. The van der Waals surface area contributed by atoms with Crippen LogP contribution in [0.15, 0.2) is 66.7 Å². The SMILES string of the molecule is CCCCCc1ccc(CC[C@H]2CC[C@H](CCc3ccc(CCc4ccc(Cl)c(F)c4)cc3)CC2)cc1. The Morgan fingerprint density at radius 2 is 1.03 bits per heavy atom. The van der Waals surface area contributed by atoms with E-state index in [-0.39, 0.29) is 10.8 Å². The quantitative estimate of drug-likeness (QED) is 0.197. The molecule has 0 saturated heterocycles. The Labute approximate surface area is 229 Å². The molecule has 0 N–H and O–H groups in total. The second kappa shape index (κ2) is 14.7. The van der Waals surface area contributed by atoms with Crippen molar-refractivity contribution in [1.29, 1.82) is 0 Å². The van der Waals surface area contributed by atoms with Crippen LogP contribution in [0.3, 0.4) is 0 Å². The molecule has 0 nitrogen and oxygen atoms in total. The molecule has 37 heavy (non-hydrogen) atoms. The van der Waals surface area contributed by atoms with E-state index in [0.717, 1.165) is 30.2 Å². The molecule has 0 spiro atoms. The third kappa shape index (κ3) is 9.29. The summed E-state index contributed by atoms with van der Waals surface area (Å²) in [5.41, 5.74) is 6.77. The van der Waals surface area contributed by atoms with Crippen molar-refractivity contribution in [3.05, 3.63) is 105 Å². The normalized spacial score (nSPS) is 17.7. The molecule has 1 fully saturated rings. The molecule has 0 radical (unpaired) electrons. The summed E-state index contributed by atoms with van der Waals surface area (Å²) in [6.45, 7) is 2.27. The van der Waals surface area contributed by atoms with Gasteiger partial charge in [0, 0.05) is 0 Å². The zero-order valence-electron chi connectivity index (χ0n) is 22.7. The number of halogens is 2. The second-order valence-corrected chi connectivity index (χ2v) is 11.7. The van der Waals surface area contributed by atoms with Crippen LogP contribution < -0.4 is 0 Å². The summed E-state index contributed by atoms with van der Waals surface area (Å²) in [5.74, 6) is 1.47. The van der Waals surface area contributed by atoms with Gasteiger partial charge in [-0.3, -0.25) is 0 Å². The molecule has 0 heterocycles. The highest BCUT2D eigenvalue weighted by Crippen LogP contribution is 2.34. The van der Waals surface area contributed by atoms with E-state index in [1.54, 1.807) is 12.1 Å². The summed E-state index contributed by atoms with van der Waals surface area (Å²) in [6, 6.07) is 23.6. The highest BCUT2D eigenvalue weighted by molar-refractivity contribution is 6.30. The molecule has 0 amide bonds. The zero-order chi connectivity index (χ0) is 25.9. The standard InChI is InChI=1S/C35H44ClF/c1-2-3-4-5-27-6-8-28(9-7-27)10-11-29-12-14-30(15-13-29)16-17-31-18-20-32(21-19-31)22-23-33-24-25-34(36)35(37)26-33/h6-9,18-21,24-26,29-30H,2-5,10-17,22-23H2,1H3/t29-,30-. The number of hydrogen-bond donors (Lipinski definition) is 0. The Kier molecular flexibility index (Phi) is 11.1. The molecule has 2 heteroatoms. The van der Waals surface area contributed by atoms with Crippen molar-refractivity contribution in [3.8, 4) is 0 Å². The second-order valence-electron chi connectivity index (χ2n) is 11.3. The van der Waals surface area contributed by atoms with Crippen LogP contribution in [0, 0.1) is 17.7 Å². The topological polar surface area (TPSA) is 0 Å². The Morgan fingerprint density at radius 3 is 1.51 bits per heavy atom. The summed E-state index contributed by atoms with van der Waals surface area (Å²) in [4.78, 5) is 0. The fraction of sp³-hybridized carbons (Fsp3) is 0.486. The first kappa shape index (κ1) is 27.9. The van der Waals surface area contributed by atoms with E-state index < -0.39 is 0 Å². The van der Waals surface area contributed by atoms with Crippen LogP contribution in [0.5, 0.6) is 0 Å². The molecule has 0 bridgehead atoms. The van der Waals surface area contributed by atoms with Crippen LogP contribution in [-0.4, -0.2) is 0 Å². The maximum Gasteiger partial charge on any atom is 0.142 e. The fourth-order valence-electron chi connectivity index (χ4n) is 5.86. The molecule has 1 aliphatic rings. The van der Waals surface area contributed by atoms with Crippen molar-refractivity contribution in [3.63, 3.8) is 0 Å². The highest BCUT2D eigenvalue weighted by atomic mass is 35.5. The fourth-order valence-corrected chi connectivity index (χ4v) is 5.98. The maximum absolute atomic E-state index is 13.6. The average molecular weight is 519 g/mol. The first-order valence-corrected chi connectivity index (χ1v) is 15.1. The van der Waals surface area contributed by atoms with E-state index in [2.05, 4.69) is 55.5 Å². The van der Waals surface area contributed by atoms with E-state index in [0.29, 0.717) is 0 Å². The smallest absolute Gasteiger partial charge is 0.142 e. The van der Waals surface area contributed by atoms with Crippen molar-refractivity contribution < 1.29 is 4.39 Å². The lowest BCUT2D eigenvalue weighted by molar-refractivity contribution is 0.253. The maximum atomic E-state index is 13.6. The van der Waals surface area contributed by atoms with Gasteiger partial charge in [-0.1, -0.05) is 112 Å². The molecule has 0 aromatic heterocycles. The predicted molar refractivity (Wildman–Crippen MR) is 157 cm³/mol. The first-order chi connectivity index (χ1) is 18.1. The van der Waals surface area contributed by atoms with Crippen LogP contribution in [-0.2, 0) is 32.1 Å². The molecular formula is C35H44ClF. The molecule has 0 aliphatic heterocycles. The molecular weight excluding hydrogens is 475 g/mol. The minimum absolute atomic E-state index is 0.195. The minimum Gasteiger partial charge on any atom is -0.205 e. The number of unbranched alkanes of at least 4 members (excludes halogenated alkanes) is 2. The van der Waals surface area contributed by atoms with Crippen molar-refractivity contribution in [1.82, 2.24) is 0 Å². The molecule has 3 aromatic rings. The van der Waals surface area contributed by atoms with E-state index in [1.165, 1.54) is 99.3 Å². The summed E-state index contributed by atoms with van der Waals surface area (Å²) >= 11 is 5.79. The van der Waals surface area contributed by atoms with Crippen molar-refractivity contribution >= 4 is 11.6 Å². The third-order valence-corrected chi connectivity index (χ3v) is 8.76. The molecule has 198 valence electrons. The largest absolute Gasteiger partial charge is 0.205 e. The van der Waals surface area contributed by atoms with Gasteiger partial charge in [0.1, 0.15) is 5.82 Å². The van der Waals surface area contributed by atoms with Gasteiger partial charge >= 0.3 is 0 Å². The predicted octanol–water partition coefficient (Wildman–Crippen LogP) is 10.4. The molecule has 0 atom stereocenters. The first-order valence-electron chi connectivity index (χ1n) is 14.7. The Hall–Kier alpha value is -2.12. The van der Waals surface area contributed by atoms with Crippen molar-refractivity contribution in [2.24, 2.45) is 11.8 Å². The number of hydrogen-bond acceptors (Lipinski definition) is 0. The van der Waals surface area contributed by atoms with Crippen molar-refractivity contribution in [2.45, 2.75) is 96.8 Å². The number of benzene rings is 3. The van der Waals surface area contributed by atoms with E-state index in [1.807, 2.05) is 6.07 Å². The van der Waals surface area contributed by atoms with E-state index in [4.69, 9.17) is 11.6 Å². The average Bonchev–Trinajstić information content (AvgIpc) is 2.93. The van der Waals surface area contributed by atoms with Gasteiger partial charge in [-0.15, -0.1) is 0 Å². The molecule has 0 unspecified atom stereocenters. The van der Waals surface area contributed by atoms with Gasteiger partial charge in [0.25, 0.3) is 0 Å². The summed E-state index contributed by atoms with van der Waals surface area (Å²) in [6.07, 6.45) is 17.6. The van der Waals surface area contributed by atoms with Gasteiger partial charge in [0.05, 0.1) is 5.02 Å². The van der Waals surface area contributed by atoms with E-state index >= 15 is 0 Å². The number of rotatable bonds is 13. The molecule has 1 saturated carbocycles. The van der Waals surface area contributed by atoms with Gasteiger partial charge in [-0.25, -0.2) is 4.39 Å². The van der Waals surface area contributed by atoms with Gasteiger partial charge in [0.15, 0.2) is 0 Å². The lowest BCUT2D eigenvalue weighted by Crippen LogP contribution is -2.15. The molecule has 3 aromatic carbocycles. The van der Waals surface area contributed by atoms with E-state index in [9.17, 15) is 4.39 Å². The Morgan fingerprint density at radius 1 is 0.595 bits per heavy atom. The summed E-state index contributed by atoms with van der Waals surface area (Å²) in [7, 11) is 0. The van der Waals surface area contributed by atoms with Gasteiger partial charge < -0.3 is 0 Å². The lowest BCUT2D eigenvalue weighted by atomic mass is 9.77. The monoisotopic (exact) mass is 518 g/mol. The summed E-state index contributed by atoms with van der Waals surface area (Å²) in [5, 5.41) is 0.195. The molecule has 1 aliphatic carbocycles. The van der Waals surface area contributed by atoms with Crippen molar-refractivity contribution in [2.75, 3.05) is 0 Å². The van der Waals surface area contributed by atoms with Crippen LogP contribution in [0.1, 0.15) is 92.5 Å². The summed E-state index contributed by atoms with van der Waals surface area (Å²) < 4.78 is 13.6. The van der Waals surface area contributed by atoms with Crippen LogP contribution >= 0.6 is 11.6 Å². The zero-order valence-corrected chi connectivity index (χ0v) is 23.4. The Balaban J connectivity index is 1.11. The Bertz CT molecular complexity index is 1060. The van der Waals surface area contributed by atoms with Gasteiger partial charge in [-0.2, -0.15) is 0 Å². The third-order valence-electron chi connectivity index (χ3n) is 8.45. The minimum atomic E-state index is -0.327. The lowest BCUT2D eigenvalue weighted by Gasteiger charge is -2.28. The molecule has 4 rings (SSSR count). The van der Waals surface area contributed by atoms with Crippen LogP contribution in [0.25, 0.3) is 0 Å².